The fraction of sp³-hybridized carbons (Fsp3) is 0.550. The van der Waals surface area contributed by atoms with E-state index in [1.165, 1.54) is 0 Å². The number of nitrogens with one attached hydrogen (secondary N) is 3. The molecular formula is C20H34IN5O2. The summed E-state index contributed by atoms with van der Waals surface area (Å²) in [5.41, 5.74) is 1.19. The average molecular weight is 503 g/mol. The van der Waals surface area contributed by atoms with E-state index in [0.29, 0.717) is 24.6 Å². The number of rotatable bonds is 8. The van der Waals surface area contributed by atoms with Crippen molar-refractivity contribution in [3.05, 3.63) is 35.4 Å². The van der Waals surface area contributed by atoms with Crippen LogP contribution < -0.4 is 16.0 Å². The summed E-state index contributed by atoms with van der Waals surface area (Å²) in [6.45, 7) is 7.52. The van der Waals surface area contributed by atoms with Gasteiger partial charge < -0.3 is 20.9 Å². The first-order chi connectivity index (χ1) is 12.7. The van der Waals surface area contributed by atoms with Crippen LogP contribution in [-0.4, -0.2) is 63.5 Å². The third-order valence-electron chi connectivity index (χ3n) is 4.10. The highest BCUT2D eigenvalue weighted by atomic mass is 127. The van der Waals surface area contributed by atoms with Gasteiger partial charge in [-0.3, -0.25) is 14.6 Å². The summed E-state index contributed by atoms with van der Waals surface area (Å²) in [5.74, 6) is 0.635. The Labute approximate surface area is 185 Å². The van der Waals surface area contributed by atoms with Gasteiger partial charge in [-0.05, 0) is 44.9 Å². The second-order valence-corrected chi connectivity index (χ2v) is 7.23. The Morgan fingerprint density at radius 1 is 1.18 bits per heavy atom. The van der Waals surface area contributed by atoms with Gasteiger partial charge >= 0.3 is 0 Å². The van der Waals surface area contributed by atoms with Crippen molar-refractivity contribution in [2.24, 2.45) is 10.4 Å². The smallest absolute Gasteiger partial charge is 0.253 e. The Balaban J connectivity index is 0.00000729. The van der Waals surface area contributed by atoms with Gasteiger partial charge in [0.2, 0.25) is 5.91 Å². The van der Waals surface area contributed by atoms with Gasteiger partial charge in [-0.1, -0.05) is 12.1 Å². The van der Waals surface area contributed by atoms with Crippen LogP contribution in [0.4, 0.5) is 0 Å². The minimum atomic E-state index is -0.571. The summed E-state index contributed by atoms with van der Waals surface area (Å²) in [5, 5.41) is 9.14. The number of aliphatic imine (C=N–C) groups is 1. The lowest BCUT2D eigenvalue weighted by Crippen LogP contribution is -2.41. The van der Waals surface area contributed by atoms with Gasteiger partial charge in [0.25, 0.3) is 5.91 Å². The molecule has 7 nitrogen and oxygen atoms in total. The van der Waals surface area contributed by atoms with E-state index >= 15 is 0 Å². The lowest BCUT2D eigenvalue weighted by molar-refractivity contribution is -0.128. The van der Waals surface area contributed by atoms with Crippen LogP contribution in [0.5, 0.6) is 0 Å². The van der Waals surface area contributed by atoms with Crippen molar-refractivity contribution in [1.82, 2.24) is 20.9 Å². The second kappa shape index (κ2) is 12.6. The topological polar surface area (TPSA) is 85.8 Å². The second-order valence-electron chi connectivity index (χ2n) is 7.23. The monoisotopic (exact) mass is 503 g/mol. The maximum Gasteiger partial charge on any atom is 0.253 e. The molecule has 0 aromatic heterocycles. The molecule has 0 aliphatic carbocycles. The first-order valence-electron chi connectivity index (χ1n) is 9.26. The van der Waals surface area contributed by atoms with Crippen LogP contribution in [0.3, 0.4) is 0 Å². The predicted molar refractivity (Wildman–Crippen MR) is 125 cm³/mol. The van der Waals surface area contributed by atoms with Crippen molar-refractivity contribution >= 4 is 41.8 Å². The summed E-state index contributed by atoms with van der Waals surface area (Å²) in [6.07, 6.45) is 0.762. The van der Waals surface area contributed by atoms with Crippen molar-refractivity contribution in [2.75, 3.05) is 40.8 Å². The third kappa shape index (κ3) is 8.45. The first-order valence-corrected chi connectivity index (χ1v) is 9.26. The molecule has 0 radical (unpaired) electrons. The molecule has 0 spiro atoms. The minimum absolute atomic E-state index is 0. The van der Waals surface area contributed by atoms with Crippen LogP contribution in [0, 0.1) is 5.41 Å². The van der Waals surface area contributed by atoms with Crippen LogP contribution in [-0.2, 0) is 11.2 Å². The Kier molecular flexibility index (Phi) is 11.8. The van der Waals surface area contributed by atoms with Gasteiger partial charge in [0.1, 0.15) is 0 Å². The van der Waals surface area contributed by atoms with Gasteiger partial charge in [0.15, 0.2) is 5.96 Å². The fourth-order valence-electron chi connectivity index (χ4n) is 2.47. The molecule has 0 aliphatic heterocycles. The van der Waals surface area contributed by atoms with E-state index < -0.39 is 5.41 Å². The van der Waals surface area contributed by atoms with Crippen LogP contribution in [0.1, 0.15) is 36.7 Å². The number of benzene rings is 1. The first kappa shape index (κ1) is 26.2. The van der Waals surface area contributed by atoms with E-state index in [4.69, 9.17) is 0 Å². The Hall–Kier alpha value is -1.84. The van der Waals surface area contributed by atoms with E-state index in [1.54, 1.807) is 26.0 Å². The Morgan fingerprint density at radius 3 is 2.43 bits per heavy atom. The summed E-state index contributed by atoms with van der Waals surface area (Å²) in [7, 11) is 5.12. The number of halogens is 1. The molecule has 0 unspecified atom stereocenters. The molecule has 0 heterocycles. The molecule has 0 bridgehead atoms. The minimum Gasteiger partial charge on any atom is -0.359 e. The largest absolute Gasteiger partial charge is 0.359 e. The molecule has 28 heavy (non-hydrogen) atoms. The number of guanidine groups is 1. The van der Waals surface area contributed by atoms with Crippen LogP contribution in [0.2, 0.25) is 0 Å². The molecule has 158 valence electrons. The molecule has 1 aromatic carbocycles. The Morgan fingerprint density at radius 2 is 1.86 bits per heavy atom. The molecule has 0 saturated heterocycles. The lowest BCUT2D eigenvalue weighted by atomic mass is 9.93. The highest BCUT2D eigenvalue weighted by molar-refractivity contribution is 14.0. The molecule has 1 rings (SSSR count). The van der Waals surface area contributed by atoms with E-state index in [9.17, 15) is 9.59 Å². The fourth-order valence-corrected chi connectivity index (χ4v) is 2.47. The van der Waals surface area contributed by atoms with E-state index in [1.807, 2.05) is 45.0 Å². The SMILES string of the molecule is CCNC(=NCC(C)(C)C(=O)NC)NCCc1cccc(C(=O)N(C)C)c1.I. The third-order valence-corrected chi connectivity index (χ3v) is 4.10. The number of nitrogens with zero attached hydrogens (tertiary/aromatic N) is 2. The van der Waals surface area contributed by atoms with Gasteiger partial charge in [0, 0.05) is 39.8 Å². The molecule has 0 atom stereocenters. The van der Waals surface area contributed by atoms with E-state index in [0.717, 1.165) is 18.5 Å². The average Bonchev–Trinajstić information content (AvgIpc) is 2.64. The number of hydrogen-bond acceptors (Lipinski definition) is 3. The maximum absolute atomic E-state index is 12.1. The zero-order valence-electron chi connectivity index (χ0n) is 17.8. The van der Waals surface area contributed by atoms with Crippen molar-refractivity contribution < 1.29 is 9.59 Å². The lowest BCUT2D eigenvalue weighted by Gasteiger charge is -2.21. The van der Waals surface area contributed by atoms with E-state index in [-0.39, 0.29) is 35.8 Å². The highest BCUT2D eigenvalue weighted by Gasteiger charge is 2.26. The summed E-state index contributed by atoms with van der Waals surface area (Å²) >= 11 is 0. The van der Waals surface area contributed by atoms with Crippen molar-refractivity contribution in [3.63, 3.8) is 0 Å². The zero-order chi connectivity index (χ0) is 20.4. The zero-order valence-corrected chi connectivity index (χ0v) is 20.1. The van der Waals surface area contributed by atoms with E-state index in [2.05, 4.69) is 20.9 Å². The van der Waals surface area contributed by atoms with Crippen LogP contribution >= 0.6 is 24.0 Å². The summed E-state index contributed by atoms with van der Waals surface area (Å²) < 4.78 is 0. The van der Waals surface area contributed by atoms with Crippen LogP contribution in [0.15, 0.2) is 29.3 Å². The molecule has 8 heteroatoms. The predicted octanol–water partition coefficient (Wildman–Crippen LogP) is 1.88. The highest BCUT2D eigenvalue weighted by Crippen LogP contribution is 2.15. The molecule has 0 saturated carbocycles. The Bertz CT molecular complexity index is 674. The number of hydrogen-bond donors (Lipinski definition) is 3. The number of amides is 2. The number of carbonyl (C=O) groups excluding carboxylic acids is 2. The molecule has 1 aromatic rings. The molecule has 2 amide bonds. The van der Waals surface area contributed by atoms with Crippen molar-refractivity contribution in [2.45, 2.75) is 27.2 Å². The maximum atomic E-state index is 12.1. The van der Waals surface area contributed by atoms with Gasteiger partial charge in [0.05, 0.1) is 12.0 Å². The van der Waals surface area contributed by atoms with Gasteiger partial charge in [-0.2, -0.15) is 0 Å². The standard InChI is InChI=1S/C20H33N5O2.HI/c1-7-22-19(24-14-20(2,3)18(27)21-4)23-12-11-15-9-8-10-16(13-15)17(26)25(5)6;/h8-10,13H,7,11-12,14H2,1-6H3,(H,21,27)(H2,22,23,24);1H. The van der Waals surface area contributed by atoms with Crippen molar-refractivity contribution in [3.8, 4) is 0 Å². The quantitative estimate of drug-likeness (QED) is 0.287. The summed E-state index contributed by atoms with van der Waals surface area (Å²) in [4.78, 5) is 30.1. The van der Waals surface area contributed by atoms with Crippen LogP contribution in [0.25, 0.3) is 0 Å². The molecule has 0 aliphatic rings. The molecular weight excluding hydrogens is 469 g/mol. The molecule has 0 fully saturated rings. The summed E-state index contributed by atoms with van der Waals surface area (Å²) in [6, 6.07) is 7.65. The van der Waals surface area contributed by atoms with Gasteiger partial charge in [-0.25, -0.2) is 0 Å². The van der Waals surface area contributed by atoms with Gasteiger partial charge in [-0.15, -0.1) is 24.0 Å². The normalized spacial score (nSPS) is 11.3. The number of carbonyl (C=O) groups is 2. The van der Waals surface area contributed by atoms with Crippen molar-refractivity contribution in [1.29, 1.82) is 0 Å². The molecule has 3 N–H and O–H groups in total.